The summed E-state index contributed by atoms with van der Waals surface area (Å²) in [5, 5.41) is 3.62. The van der Waals surface area contributed by atoms with Gasteiger partial charge in [-0.25, -0.2) is 4.79 Å². The molecule has 1 aromatic carbocycles. The van der Waals surface area contributed by atoms with Crippen LogP contribution in [0.5, 0.6) is 0 Å². The van der Waals surface area contributed by atoms with E-state index in [1.165, 1.54) is 24.0 Å². The minimum Gasteiger partial charge on any atom is -0.444 e. The molecular formula is C21H32N2O2. The molecule has 0 saturated carbocycles. The van der Waals surface area contributed by atoms with Crippen LogP contribution in [0.25, 0.3) is 0 Å². The Morgan fingerprint density at radius 1 is 1.20 bits per heavy atom. The molecule has 2 heterocycles. The minimum absolute atomic E-state index is 0.165. The van der Waals surface area contributed by atoms with Crippen molar-refractivity contribution in [2.75, 3.05) is 19.6 Å². The smallest absolute Gasteiger partial charge is 0.410 e. The molecule has 0 aromatic heterocycles. The molecule has 1 atom stereocenters. The van der Waals surface area contributed by atoms with E-state index in [0.717, 1.165) is 38.9 Å². The number of amides is 1. The highest BCUT2D eigenvalue weighted by Crippen LogP contribution is 2.30. The van der Waals surface area contributed by atoms with Crippen LogP contribution in [-0.4, -0.2) is 36.2 Å². The lowest BCUT2D eigenvalue weighted by molar-refractivity contribution is 0.0184. The van der Waals surface area contributed by atoms with Crippen molar-refractivity contribution in [2.24, 2.45) is 5.92 Å². The number of carbonyl (C=O) groups is 1. The Morgan fingerprint density at radius 2 is 1.92 bits per heavy atom. The van der Waals surface area contributed by atoms with Crippen molar-refractivity contribution in [1.82, 2.24) is 10.2 Å². The highest BCUT2D eigenvalue weighted by atomic mass is 16.6. The van der Waals surface area contributed by atoms with Gasteiger partial charge in [-0.1, -0.05) is 24.3 Å². The van der Waals surface area contributed by atoms with E-state index in [1.54, 1.807) is 0 Å². The molecule has 1 aromatic rings. The monoisotopic (exact) mass is 344 g/mol. The third-order valence-corrected chi connectivity index (χ3v) is 5.27. The fourth-order valence-electron chi connectivity index (χ4n) is 3.97. The van der Waals surface area contributed by atoms with E-state index in [-0.39, 0.29) is 6.09 Å². The van der Waals surface area contributed by atoms with Gasteiger partial charge in [0.15, 0.2) is 0 Å². The maximum atomic E-state index is 12.2. The van der Waals surface area contributed by atoms with Crippen LogP contribution in [-0.2, 0) is 11.2 Å². The fraction of sp³-hybridized carbons (Fsp3) is 0.667. The predicted octanol–water partition coefficient (Wildman–Crippen LogP) is 4.30. The van der Waals surface area contributed by atoms with Gasteiger partial charge in [0.25, 0.3) is 0 Å². The summed E-state index contributed by atoms with van der Waals surface area (Å²) < 4.78 is 5.50. The maximum absolute atomic E-state index is 12.2. The second kappa shape index (κ2) is 7.77. The topological polar surface area (TPSA) is 41.6 Å². The Balaban J connectivity index is 1.55. The lowest BCUT2D eigenvalue weighted by Gasteiger charge is -2.34. The standard InChI is InChI=1S/C21H32N2O2/c1-21(2,3)25-20(24)23-13-10-16(11-14-23)15-17-7-4-5-8-18(17)19-9-6-12-22-19/h4-5,7-8,16,19,22H,6,9-15H2,1-3H3. The number of nitrogens with zero attached hydrogens (tertiary/aromatic N) is 1. The molecule has 138 valence electrons. The quantitative estimate of drug-likeness (QED) is 0.889. The van der Waals surface area contributed by atoms with Gasteiger partial charge in [-0.2, -0.15) is 0 Å². The number of carbonyl (C=O) groups excluding carboxylic acids is 1. The molecule has 2 saturated heterocycles. The molecule has 0 bridgehead atoms. The molecule has 3 rings (SSSR count). The lowest BCUT2D eigenvalue weighted by atomic mass is 9.87. The molecule has 2 fully saturated rings. The molecule has 0 aliphatic carbocycles. The summed E-state index contributed by atoms with van der Waals surface area (Å²) in [6, 6.07) is 9.41. The van der Waals surface area contributed by atoms with Gasteiger partial charge in [-0.15, -0.1) is 0 Å². The Bertz CT molecular complexity index is 580. The average molecular weight is 344 g/mol. The molecule has 1 unspecified atom stereocenters. The zero-order chi connectivity index (χ0) is 17.9. The Morgan fingerprint density at radius 3 is 2.56 bits per heavy atom. The Hall–Kier alpha value is -1.55. The Labute approximate surface area is 151 Å². The van der Waals surface area contributed by atoms with E-state index in [4.69, 9.17) is 4.74 Å². The average Bonchev–Trinajstić information content (AvgIpc) is 3.09. The van der Waals surface area contributed by atoms with Crippen LogP contribution < -0.4 is 5.32 Å². The number of piperidine rings is 1. The molecule has 2 aliphatic heterocycles. The van der Waals surface area contributed by atoms with Gasteiger partial charge in [-0.3, -0.25) is 0 Å². The van der Waals surface area contributed by atoms with Gasteiger partial charge in [0, 0.05) is 19.1 Å². The molecule has 25 heavy (non-hydrogen) atoms. The third kappa shape index (κ3) is 4.97. The van der Waals surface area contributed by atoms with E-state index in [0.29, 0.717) is 12.0 Å². The van der Waals surface area contributed by atoms with E-state index < -0.39 is 5.60 Å². The SMILES string of the molecule is CC(C)(C)OC(=O)N1CCC(Cc2ccccc2C2CCCN2)CC1. The van der Waals surface area contributed by atoms with E-state index >= 15 is 0 Å². The molecule has 1 N–H and O–H groups in total. The summed E-state index contributed by atoms with van der Waals surface area (Å²) in [7, 11) is 0. The molecule has 4 nitrogen and oxygen atoms in total. The van der Waals surface area contributed by atoms with Crippen molar-refractivity contribution in [2.45, 2.75) is 64.5 Å². The summed E-state index contributed by atoms with van der Waals surface area (Å²) in [4.78, 5) is 14.1. The van der Waals surface area contributed by atoms with Gasteiger partial charge in [0.2, 0.25) is 0 Å². The number of rotatable bonds is 3. The number of hydrogen-bond donors (Lipinski definition) is 1. The first-order valence-corrected chi connectivity index (χ1v) is 9.71. The van der Waals surface area contributed by atoms with Crippen LogP contribution in [0.3, 0.4) is 0 Å². The minimum atomic E-state index is -0.416. The zero-order valence-corrected chi connectivity index (χ0v) is 15.9. The fourth-order valence-corrected chi connectivity index (χ4v) is 3.97. The van der Waals surface area contributed by atoms with Crippen molar-refractivity contribution in [1.29, 1.82) is 0 Å². The van der Waals surface area contributed by atoms with Gasteiger partial charge >= 0.3 is 6.09 Å². The molecule has 1 amide bonds. The second-order valence-electron chi connectivity index (χ2n) is 8.46. The van der Waals surface area contributed by atoms with Crippen molar-refractivity contribution in [3.63, 3.8) is 0 Å². The number of hydrogen-bond acceptors (Lipinski definition) is 3. The number of ether oxygens (including phenoxy) is 1. The number of nitrogens with one attached hydrogen (secondary N) is 1. The largest absolute Gasteiger partial charge is 0.444 e. The van der Waals surface area contributed by atoms with Gasteiger partial charge in [-0.05, 0) is 76.5 Å². The highest BCUT2D eigenvalue weighted by Gasteiger charge is 2.28. The maximum Gasteiger partial charge on any atom is 0.410 e. The van der Waals surface area contributed by atoms with Crippen molar-refractivity contribution >= 4 is 6.09 Å². The van der Waals surface area contributed by atoms with E-state index in [9.17, 15) is 4.79 Å². The molecular weight excluding hydrogens is 312 g/mol. The van der Waals surface area contributed by atoms with Crippen LogP contribution in [0, 0.1) is 5.92 Å². The zero-order valence-electron chi connectivity index (χ0n) is 15.9. The molecule has 0 radical (unpaired) electrons. The second-order valence-corrected chi connectivity index (χ2v) is 8.46. The Kier molecular flexibility index (Phi) is 5.67. The summed E-state index contributed by atoms with van der Waals surface area (Å²) >= 11 is 0. The highest BCUT2D eigenvalue weighted by molar-refractivity contribution is 5.68. The van der Waals surface area contributed by atoms with Crippen LogP contribution in [0.2, 0.25) is 0 Å². The summed E-state index contributed by atoms with van der Waals surface area (Å²) in [6.07, 6.45) is 5.59. The van der Waals surface area contributed by atoms with Crippen molar-refractivity contribution < 1.29 is 9.53 Å². The van der Waals surface area contributed by atoms with Gasteiger partial charge < -0.3 is 15.0 Å². The number of likely N-dealkylation sites (tertiary alicyclic amines) is 1. The lowest BCUT2D eigenvalue weighted by Crippen LogP contribution is -2.42. The molecule has 2 aliphatic rings. The van der Waals surface area contributed by atoms with Crippen LogP contribution in [0.1, 0.15) is 63.6 Å². The number of benzene rings is 1. The first-order valence-electron chi connectivity index (χ1n) is 9.71. The van der Waals surface area contributed by atoms with E-state index in [1.807, 2.05) is 25.7 Å². The van der Waals surface area contributed by atoms with Crippen molar-refractivity contribution in [3.05, 3.63) is 35.4 Å². The third-order valence-electron chi connectivity index (χ3n) is 5.27. The summed E-state index contributed by atoms with van der Waals surface area (Å²) in [5.74, 6) is 0.654. The van der Waals surface area contributed by atoms with Crippen LogP contribution in [0.4, 0.5) is 4.79 Å². The van der Waals surface area contributed by atoms with Gasteiger partial charge in [0.05, 0.1) is 0 Å². The van der Waals surface area contributed by atoms with Crippen LogP contribution >= 0.6 is 0 Å². The summed E-state index contributed by atoms with van der Waals surface area (Å²) in [5.41, 5.74) is 2.55. The first-order chi connectivity index (χ1) is 11.9. The van der Waals surface area contributed by atoms with Crippen LogP contribution in [0.15, 0.2) is 24.3 Å². The van der Waals surface area contributed by atoms with Crippen molar-refractivity contribution in [3.8, 4) is 0 Å². The van der Waals surface area contributed by atoms with E-state index in [2.05, 4.69) is 29.6 Å². The predicted molar refractivity (Wildman–Crippen MR) is 101 cm³/mol. The first kappa shape index (κ1) is 18.2. The molecule has 0 spiro atoms. The van der Waals surface area contributed by atoms with Gasteiger partial charge in [0.1, 0.15) is 5.60 Å². The normalized spacial score (nSPS) is 22.2. The molecule has 4 heteroatoms. The summed E-state index contributed by atoms with van der Waals surface area (Å²) in [6.45, 7) is 8.52.